The van der Waals surface area contributed by atoms with E-state index in [2.05, 4.69) is 0 Å². The van der Waals surface area contributed by atoms with Crippen molar-refractivity contribution in [1.29, 1.82) is 0 Å². The number of amides is 2. The molecule has 1 atom stereocenters. The Kier molecular flexibility index (Phi) is 2.70. The number of hydrogen-bond acceptors (Lipinski definition) is 4. The Morgan fingerprint density at radius 2 is 2.05 bits per heavy atom. The molecular formula is C13H13N3O4. The molecule has 0 aliphatic carbocycles. The number of hydrogen-bond donors (Lipinski definition) is 1. The number of nitrogens with two attached hydrogens (primary N) is 1. The number of nitrogens with zero attached hydrogens (tertiary/aromatic N) is 2. The molecule has 3 heterocycles. The van der Waals surface area contributed by atoms with Crippen LogP contribution in [0, 0.1) is 0 Å². The van der Waals surface area contributed by atoms with Crippen LogP contribution in [0.15, 0.2) is 17.1 Å². The van der Waals surface area contributed by atoms with Crippen LogP contribution in [0.2, 0.25) is 0 Å². The summed E-state index contributed by atoms with van der Waals surface area (Å²) in [5.74, 6) is -1.15. The fourth-order valence-corrected chi connectivity index (χ4v) is 2.77. The monoisotopic (exact) mass is 275 g/mol. The molecule has 7 heteroatoms. The maximum Gasteiger partial charge on any atom is 0.270 e. The van der Waals surface area contributed by atoms with E-state index in [9.17, 15) is 19.2 Å². The van der Waals surface area contributed by atoms with E-state index >= 15 is 0 Å². The Bertz CT molecular complexity index is 691. The van der Waals surface area contributed by atoms with Crippen molar-refractivity contribution in [1.82, 2.24) is 9.47 Å². The van der Waals surface area contributed by atoms with Gasteiger partial charge in [-0.25, -0.2) is 0 Å². The molecule has 1 fully saturated rings. The number of primary amides is 1. The summed E-state index contributed by atoms with van der Waals surface area (Å²) in [5.41, 5.74) is 4.49. The van der Waals surface area contributed by atoms with Crippen molar-refractivity contribution in [2.75, 3.05) is 13.1 Å². The van der Waals surface area contributed by atoms with Crippen LogP contribution >= 0.6 is 0 Å². The van der Waals surface area contributed by atoms with Gasteiger partial charge in [0.2, 0.25) is 0 Å². The van der Waals surface area contributed by atoms with Gasteiger partial charge in [0.25, 0.3) is 11.8 Å². The van der Waals surface area contributed by atoms with Crippen molar-refractivity contribution < 1.29 is 14.4 Å². The number of Topliss-reactive ketones (excluding diaryl/α,β-unsaturated/α-hetero) is 1. The van der Waals surface area contributed by atoms with Crippen LogP contribution in [0.5, 0.6) is 0 Å². The normalized spacial score (nSPS) is 21.4. The number of carbonyl (C=O) groups is 3. The van der Waals surface area contributed by atoms with Crippen molar-refractivity contribution in [3.05, 3.63) is 33.7 Å². The first-order chi connectivity index (χ1) is 9.49. The average molecular weight is 275 g/mol. The highest BCUT2D eigenvalue weighted by Crippen LogP contribution is 2.26. The number of carbonyl (C=O) groups excluding carboxylic acids is 3. The molecule has 2 aliphatic heterocycles. The third-order valence-corrected chi connectivity index (χ3v) is 3.80. The lowest BCUT2D eigenvalue weighted by Gasteiger charge is -2.33. The molecule has 2 aliphatic rings. The van der Waals surface area contributed by atoms with Crippen LogP contribution in [0.3, 0.4) is 0 Å². The lowest BCUT2D eigenvalue weighted by Crippen LogP contribution is -2.45. The Morgan fingerprint density at radius 3 is 2.75 bits per heavy atom. The van der Waals surface area contributed by atoms with E-state index in [-0.39, 0.29) is 29.5 Å². The van der Waals surface area contributed by atoms with Gasteiger partial charge in [-0.3, -0.25) is 19.2 Å². The van der Waals surface area contributed by atoms with E-state index < -0.39 is 17.4 Å². The summed E-state index contributed by atoms with van der Waals surface area (Å²) < 4.78 is 1.42. The number of aromatic nitrogens is 1. The molecule has 0 radical (unpaired) electrons. The second-order valence-corrected chi connectivity index (χ2v) is 5.04. The standard InChI is InChI=1S/C13H13N3O4/c14-12(19)7-5-16-8(4-11(7)18)13(20)15-3-1-2-10(17)9(16)6-15/h4-5,9H,1-3,6H2,(H2,14,19). The van der Waals surface area contributed by atoms with E-state index in [1.165, 1.54) is 10.8 Å². The van der Waals surface area contributed by atoms with Gasteiger partial charge in [0.1, 0.15) is 17.3 Å². The fraction of sp³-hybridized carbons (Fsp3) is 0.385. The van der Waals surface area contributed by atoms with E-state index in [4.69, 9.17) is 5.73 Å². The average Bonchev–Trinajstić information content (AvgIpc) is 2.57. The molecular weight excluding hydrogens is 262 g/mol. The quantitative estimate of drug-likeness (QED) is 0.732. The molecule has 1 aromatic heterocycles. The van der Waals surface area contributed by atoms with Gasteiger partial charge in [-0.1, -0.05) is 0 Å². The minimum absolute atomic E-state index is 0.000296. The van der Waals surface area contributed by atoms with Crippen molar-refractivity contribution >= 4 is 17.6 Å². The minimum Gasteiger partial charge on any atom is -0.365 e. The van der Waals surface area contributed by atoms with E-state index in [1.807, 2.05) is 0 Å². The van der Waals surface area contributed by atoms with Gasteiger partial charge in [0, 0.05) is 31.8 Å². The van der Waals surface area contributed by atoms with E-state index in [1.54, 1.807) is 4.90 Å². The van der Waals surface area contributed by atoms with Gasteiger partial charge < -0.3 is 15.2 Å². The summed E-state index contributed by atoms with van der Waals surface area (Å²) >= 11 is 0. The zero-order valence-corrected chi connectivity index (χ0v) is 10.7. The van der Waals surface area contributed by atoms with Gasteiger partial charge in [0.05, 0.1) is 0 Å². The molecule has 0 spiro atoms. The number of rotatable bonds is 1. The van der Waals surface area contributed by atoms with Crippen LogP contribution in [0.25, 0.3) is 0 Å². The highest BCUT2D eigenvalue weighted by atomic mass is 16.2. The fourth-order valence-electron chi connectivity index (χ4n) is 2.77. The van der Waals surface area contributed by atoms with Gasteiger partial charge in [-0.05, 0) is 6.42 Å². The molecule has 2 amide bonds. The predicted octanol–water partition coefficient (Wildman–Crippen LogP) is -0.693. The Hall–Kier alpha value is -2.44. The predicted molar refractivity (Wildman–Crippen MR) is 68.4 cm³/mol. The molecule has 1 saturated heterocycles. The number of fused-ring (bicyclic) bond motifs is 4. The molecule has 3 rings (SSSR count). The first kappa shape index (κ1) is 12.6. The molecule has 7 nitrogen and oxygen atoms in total. The summed E-state index contributed by atoms with van der Waals surface area (Å²) in [4.78, 5) is 49.0. The lowest BCUT2D eigenvalue weighted by atomic mass is 10.1. The van der Waals surface area contributed by atoms with Crippen LogP contribution in [-0.2, 0) is 4.79 Å². The van der Waals surface area contributed by atoms with Crippen LogP contribution < -0.4 is 11.2 Å². The van der Waals surface area contributed by atoms with Crippen LogP contribution in [0.1, 0.15) is 39.7 Å². The summed E-state index contributed by atoms with van der Waals surface area (Å²) in [6.07, 6.45) is 2.23. The first-order valence-electron chi connectivity index (χ1n) is 6.37. The highest BCUT2D eigenvalue weighted by Gasteiger charge is 2.36. The van der Waals surface area contributed by atoms with Crippen molar-refractivity contribution in [2.45, 2.75) is 18.9 Å². The second kappa shape index (κ2) is 4.29. The molecule has 1 aromatic rings. The Balaban J connectivity index is 2.24. The zero-order chi connectivity index (χ0) is 14.4. The van der Waals surface area contributed by atoms with Crippen molar-refractivity contribution in [3.8, 4) is 0 Å². The summed E-state index contributed by atoms with van der Waals surface area (Å²) in [5, 5.41) is 0. The molecule has 2 bridgehead atoms. The summed E-state index contributed by atoms with van der Waals surface area (Å²) in [7, 11) is 0. The minimum atomic E-state index is -0.860. The zero-order valence-electron chi connectivity index (χ0n) is 10.7. The Morgan fingerprint density at radius 1 is 1.30 bits per heavy atom. The topological polar surface area (TPSA) is 102 Å². The van der Waals surface area contributed by atoms with Crippen LogP contribution in [0.4, 0.5) is 0 Å². The third-order valence-electron chi connectivity index (χ3n) is 3.80. The van der Waals surface area contributed by atoms with E-state index in [0.717, 1.165) is 6.07 Å². The van der Waals surface area contributed by atoms with Crippen molar-refractivity contribution in [3.63, 3.8) is 0 Å². The number of ketones is 1. The third kappa shape index (κ3) is 1.74. The molecule has 104 valence electrons. The number of pyridine rings is 1. The maximum absolute atomic E-state index is 12.3. The second-order valence-electron chi connectivity index (χ2n) is 5.04. The maximum atomic E-state index is 12.3. The smallest absolute Gasteiger partial charge is 0.270 e. The summed E-state index contributed by atoms with van der Waals surface area (Å²) in [6.45, 7) is 0.790. The van der Waals surface area contributed by atoms with Gasteiger partial charge in [-0.15, -0.1) is 0 Å². The molecule has 1 unspecified atom stereocenters. The van der Waals surface area contributed by atoms with E-state index in [0.29, 0.717) is 19.4 Å². The molecule has 20 heavy (non-hydrogen) atoms. The molecule has 2 N–H and O–H groups in total. The van der Waals surface area contributed by atoms with Crippen molar-refractivity contribution in [2.24, 2.45) is 5.73 Å². The lowest BCUT2D eigenvalue weighted by molar-refractivity contribution is -0.122. The van der Waals surface area contributed by atoms with Crippen LogP contribution in [-0.4, -0.2) is 40.2 Å². The van der Waals surface area contributed by atoms with Gasteiger partial charge >= 0.3 is 0 Å². The van der Waals surface area contributed by atoms with Gasteiger partial charge in [-0.2, -0.15) is 0 Å². The van der Waals surface area contributed by atoms with Gasteiger partial charge in [0.15, 0.2) is 11.2 Å². The first-order valence-corrected chi connectivity index (χ1v) is 6.37. The Labute approximate surface area is 114 Å². The highest BCUT2D eigenvalue weighted by molar-refractivity contribution is 5.98. The molecule has 0 aromatic carbocycles. The largest absolute Gasteiger partial charge is 0.365 e. The SMILES string of the molecule is NC(=O)c1cn2c(cc1=O)C(=O)N1CCCC(=O)C2C1. The molecule has 0 saturated carbocycles. The summed E-state index contributed by atoms with van der Waals surface area (Å²) in [6, 6.07) is 0.559.